The zero-order valence-corrected chi connectivity index (χ0v) is 16.7. The molecule has 2 aromatic heterocycles. The molecule has 1 saturated heterocycles. The predicted molar refractivity (Wildman–Crippen MR) is 107 cm³/mol. The van der Waals surface area contributed by atoms with Gasteiger partial charge in [-0.25, -0.2) is 0 Å². The lowest BCUT2D eigenvalue weighted by Gasteiger charge is -2.21. The lowest BCUT2D eigenvalue weighted by atomic mass is 9.95. The number of carbonyl (C=O) groups is 1. The third-order valence-corrected chi connectivity index (χ3v) is 7.19. The molecule has 2 aromatic rings. The van der Waals surface area contributed by atoms with Crippen molar-refractivity contribution in [1.29, 1.82) is 0 Å². The average Bonchev–Trinajstić information content (AvgIpc) is 3.39. The van der Waals surface area contributed by atoms with Gasteiger partial charge in [0.05, 0.1) is 5.56 Å². The second kappa shape index (κ2) is 7.57. The molecular weight excluding hydrogens is 342 g/mol. The van der Waals surface area contributed by atoms with Crippen LogP contribution in [0.4, 0.5) is 0 Å². The normalized spacial score (nSPS) is 20.0. The minimum atomic E-state index is 0.259. The van der Waals surface area contributed by atoms with Crippen molar-refractivity contribution >= 4 is 17.2 Å². The van der Waals surface area contributed by atoms with Crippen LogP contribution in [-0.2, 0) is 12.8 Å². The molecule has 1 atom stereocenters. The van der Waals surface area contributed by atoms with Crippen molar-refractivity contribution in [2.75, 3.05) is 33.2 Å². The van der Waals surface area contributed by atoms with Gasteiger partial charge >= 0.3 is 0 Å². The van der Waals surface area contributed by atoms with Crippen molar-refractivity contribution in [2.45, 2.75) is 39.0 Å². The minimum Gasteiger partial charge on any atom is -0.338 e. The van der Waals surface area contributed by atoms with Gasteiger partial charge in [-0.15, -0.1) is 11.3 Å². The van der Waals surface area contributed by atoms with Crippen molar-refractivity contribution in [2.24, 2.45) is 5.92 Å². The third-order valence-electron chi connectivity index (χ3n) is 5.89. The van der Waals surface area contributed by atoms with Crippen LogP contribution in [-0.4, -0.2) is 53.5 Å². The molecule has 140 valence electrons. The number of likely N-dealkylation sites (tertiary alicyclic amines) is 1. The summed E-state index contributed by atoms with van der Waals surface area (Å²) in [6.07, 6.45) is 9.91. The zero-order chi connectivity index (χ0) is 18.1. The SMILES string of the molecule is CCN(C)CC1CCN(C(=O)c2c(-n3cccc3)sc3c2CCCC3)C1. The molecule has 3 heterocycles. The van der Waals surface area contributed by atoms with E-state index in [9.17, 15) is 4.79 Å². The molecule has 1 amide bonds. The Balaban J connectivity index is 1.61. The van der Waals surface area contributed by atoms with E-state index >= 15 is 0 Å². The summed E-state index contributed by atoms with van der Waals surface area (Å²) in [6, 6.07) is 4.08. The maximum absolute atomic E-state index is 13.5. The van der Waals surface area contributed by atoms with Crippen LogP contribution in [0.5, 0.6) is 0 Å². The van der Waals surface area contributed by atoms with E-state index in [1.807, 2.05) is 23.5 Å². The van der Waals surface area contributed by atoms with E-state index in [1.54, 1.807) is 0 Å². The van der Waals surface area contributed by atoms with Crippen LogP contribution in [0.25, 0.3) is 5.00 Å². The van der Waals surface area contributed by atoms with E-state index in [4.69, 9.17) is 0 Å². The molecule has 4 nitrogen and oxygen atoms in total. The van der Waals surface area contributed by atoms with E-state index in [0.29, 0.717) is 5.92 Å². The summed E-state index contributed by atoms with van der Waals surface area (Å²) in [5, 5.41) is 1.13. The molecule has 26 heavy (non-hydrogen) atoms. The lowest BCUT2D eigenvalue weighted by Crippen LogP contribution is -2.32. The highest BCUT2D eigenvalue weighted by atomic mass is 32.1. The Morgan fingerprint density at radius 3 is 2.81 bits per heavy atom. The summed E-state index contributed by atoms with van der Waals surface area (Å²) in [5.41, 5.74) is 2.33. The number of carbonyl (C=O) groups excluding carboxylic acids is 1. The highest BCUT2D eigenvalue weighted by Crippen LogP contribution is 2.38. The van der Waals surface area contributed by atoms with E-state index in [0.717, 1.165) is 56.0 Å². The Morgan fingerprint density at radius 1 is 1.27 bits per heavy atom. The smallest absolute Gasteiger partial charge is 0.257 e. The molecule has 2 aliphatic rings. The summed E-state index contributed by atoms with van der Waals surface area (Å²) >= 11 is 1.83. The first-order chi connectivity index (χ1) is 12.7. The number of thiophene rings is 1. The Morgan fingerprint density at radius 2 is 2.04 bits per heavy atom. The van der Waals surface area contributed by atoms with Crippen LogP contribution < -0.4 is 0 Å². The number of amides is 1. The average molecular weight is 372 g/mol. The standard InChI is InChI=1S/C21H29N3OS/c1-3-22(2)14-16-10-13-24(15-16)20(25)19-17-8-4-5-9-18(17)26-21(19)23-11-6-7-12-23/h6-7,11-12,16H,3-5,8-10,13-15H2,1-2H3. The summed E-state index contributed by atoms with van der Waals surface area (Å²) in [7, 11) is 2.17. The molecule has 1 aliphatic carbocycles. The van der Waals surface area contributed by atoms with Crippen molar-refractivity contribution < 1.29 is 4.79 Å². The second-order valence-corrected chi connectivity index (χ2v) is 8.83. The Hall–Kier alpha value is -1.59. The van der Waals surface area contributed by atoms with Gasteiger partial charge in [-0.05, 0) is 69.3 Å². The highest BCUT2D eigenvalue weighted by Gasteiger charge is 2.33. The number of aryl methyl sites for hydroxylation is 1. The van der Waals surface area contributed by atoms with Crippen LogP contribution >= 0.6 is 11.3 Å². The van der Waals surface area contributed by atoms with Crippen LogP contribution in [0.2, 0.25) is 0 Å². The first-order valence-electron chi connectivity index (χ1n) is 9.93. The number of nitrogens with zero attached hydrogens (tertiary/aromatic N) is 3. The number of hydrogen-bond acceptors (Lipinski definition) is 3. The van der Waals surface area contributed by atoms with Gasteiger partial charge in [0.1, 0.15) is 5.00 Å². The number of rotatable bonds is 5. The van der Waals surface area contributed by atoms with Crippen LogP contribution in [0, 0.1) is 5.92 Å². The molecular formula is C21H29N3OS. The Labute approximate surface area is 160 Å². The number of fused-ring (bicyclic) bond motifs is 1. The molecule has 0 N–H and O–H groups in total. The fraction of sp³-hybridized carbons (Fsp3) is 0.571. The molecule has 0 spiro atoms. The van der Waals surface area contributed by atoms with Gasteiger partial charge in [0, 0.05) is 36.9 Å². The first-order valence-corrected chi connectivity index (χ1v) is 10.7. The summed E-state index contributed by atoms with van der Waals surface area (Å²) in [6.45, 7) is 6.15. The zero-order valence-electron chi connectivity index (χ0n) is 15.9. The van der Waals surface area contributed by atoms with Gasteiger partial charge in [-0.2, -0.15) is 0 Å². The van der Waals surface area contributed by atoms with Gasteiger partial charge in [-0.3, -0.25) is 4.79 Å². The Kier molecular flexibility index (Phi) is 5.18. The highest BCUT2D eigenvalue weighted by molar-refractivity contribution is 7.15. The fourth-order valence-corrected chi connectivity index (χ4v) is 5.66. The van der Waals surface area contributed by atoms with E-state index in [1.165, 1.54) is 23.3 Å². The molecule has 0 bridgehead atoms. The molecule has 0 saturated carbocycles. The van der Waals surface area contributed by atoms with Gasteiger partial charge < -0.3 is 14.4 Å². The van der Waals surface area contributed by atoms with Crippen molar-refractivity contribution in [3.8, 4) is 5.00 Å². The van der Waals surface area contributed by atoms with Crippen molar-refractivity contribution in [3.05, 3.63) is 40.5 Å². The largest absolute Gasteiger partial charge is 0.338 e. The number of hydrogen-bond donors (Lipinski definition) is 0. The predicted octanol–water partition coefficient (Wildman–Crippen LogP) is 3.83. The van der Waals surface area contributed by atoms with Gasteiger partial charge in [-0.1, -0.05) is 6.92 Å². The van der Waals surface area contributed by atoms with Crippen LogP contribution in [0.3, 0.4) is 0 Å². The van der Waals surface area contributed by atoms with Crippen molar-refractivity contribution in [3.63, 3.8) is 0 Å². The molecule has 1 aliphatic heterocycles. The summed E-state index contributed by atoms with van der Waals surface area (Å²) in [5.74, 6) is 0.864. The molecule has 1 unspecified atom stereocenters. The fourth-order valence-electron chi connectivity index (χ4n) is 4.32. The quantitative estimate of drug-likeness (QED) is 0.799. The Bertz CT molecular complexity index is 765. The van der Waals surface area contributed by atoms with E-state index in [-0.39, 0.29) is 5.91 Å². The van der Waals surface area contributed by atoms with Gasteiger partial charge in [0.25, 0.3) is 5.91 Å². The molecule has 0 aromatic carbocycles. The maximum atomic E-state index is 13.5. The first kappa shape index (κ1) is 17.8. The second-order valence-electron chi connectivity index (χ2n) is 7.74. The molecule has 0 radical (unpaired) electrons. The summed E-state index contributed by atoms with van der Waals surface area (Å²) < 4.78 is 2.13. The maximum Gasteiger partial charge on any atom is 0.257 e. The van der Waals surface area contributed by atoms with E-state index in [2.05, 4.69) is 40.7 Å². The molecule has 5 heteroatoms. The monoisotopic (exact) mass is 371 g/mol. The lowest BCUT2D eigenvalue weighted by molar-refractivity contribution is 0.0784. The van der Waals surface area contributed by atoms with Gasteiger partial charge in [0.2, 0.25) is 0 Å². The molecule has 1 fully saturated rings. The minimum absolute atomic E-state index is 0.259. The summed E-state index contributed by atoms with van der Waals surface area (Å²) in [4.78, 5) is 19.4. The van der Waals surface area contributed by atoms with Gasteiger partial charge in [0.15, 0.2) is 0 Å². The molecule has 4 rings (SSSR count). The third kappa shape index (κ3) is 3.35. The van der Waals surface area contributed by atoms with Crippen molar-refractivity contribution in [1.82, 2.24) is 14.4 Å². The number of aromatic nitrogens is 1. The van der Waals surface area contributed by atoms with Crippen LogP contribution in [0.1, 0.15) is 47.0 Å². The van der Waals surface area contributed by atoms with E-state index < -0.39 is 0 Å². The van der Waals surface area contributed by atoms with Crippen LogP contribution in [0.15, 0.2) is 24.5 Å². The topological polar surface area (TPSA) is 28.5 Å².